The standard InChI is InChI=1S/C10H18N2/c1-2-7-12-10(5-1)9-4-3-6-11-8-9/h8,10-12H,1-7H2. The van der Waals surface area contributed by atoms with Crippen molar-refractivity contribution in [2.24, 2.45) is 0 Å². The highest BCUT2D eigenvalue weighted by Gasteiger charge is 2.17. The van der Waals surface area contributed by atoms with Gasteiger partial charge in [-0.3, -0.25) is 0 Å². The minimum atomic E-state index is 0.687. The topological polar surface area (TPSA) is 24.1 Å². The Bertz CT molecular complexity index is 169. The summed E-state index contributed by atoms with van der Waals surface area (Å²) < 4.78 is 0. The van der Waals surface area contributed by atoms with Gasteiger partial charge in [-0.2, -0.15) is 0 Å². The van der Waals surface area contributed by atoms with Crippen molar-refractivity contribution in [2.75, 3.05) is 13.1 Å². The molecule has 1 atom stereocenters. The first kappa shape index (κ1) is 8.11. The van der Waals surface area contributed by atoms with E-state index in [-0.39, 0.29) is 0 Å². The molecule has 0 aliphatic carbocycles. The molecule has 0 saturated carbocycles. The van der Waals surface area contributed by atoms with E-state index in [1.165, 1.54) is 38.6 Å². The first-order valence-corrected chi connectivity index (χ1v) is 5.12. The Labute approximate surface area is 74.4 Å². The number of piperidine rings is 1. The minimum Gasteiger partial charge on any atom is -0.391 e. The molecule has 2 heterocycles. The number of nitrogens with one attached hydrogen (secondary N) is 2. The predicted octanol–water partition coefficient (Wildman–Crippen LogP) is 1.40. The predicted molar refractivity (Wildman–Crippen MR) is 51.0 cm³/mol. The van der Waals surface area contributed by atoms with Crippen molar-refractivity contribution in [3.63, 3.8) is 0 Å². The van der Waals surface area contributed by atoms with Gasteiger partial charge < -0.3 is 10.6 Å². The van der Waals surface area contributed by atoms with Crippen LogP contribution in [0.4, 0.5) is 0 Å². The van der Waals surface area contributed by atoms with Crippen molar-refractivity contribution in [1.29, 1.82) is 0 Å². The molecule has 2 aliphatic heterocycles. The van der Waals surface area contributed by atoms with Crippen molar-refractivity contribution in [3.8, 4) is 0 Å². The summed E-state index contributed by atoms with van der Waals surface area (Å²) in [4.78, 5) is 0. The van der Waals surface area contributed by atoms with E-state index in [9.17, 15) is 0 Å². The molecule has 1 saturated heterocycles. The van der Waals surface area contributed by atoms with Gasteiger partial charge >= 0.3 is 0 Å². The van der Waals surface area contributed by atoms with Crippen LogP contribution >= 0.6 is 0 Å². The largest absolute Gasteiger partial charge is 0.391 e. The Morgan fingerprint density at radius 1 is 1.17 bits per heavy atom. The second-order valence-electron chi connectivity index (χ2n) is 3.78. The van der Waals surface area contributed by atoms with Gasteiger partial charge in [0.2, 0.25) is 0 Å². The molecule has 2 nitrogen and oxygen atoms in total. The van der Waals surface area contributed by atoms with Crippen LogP contribution in [0, 0.1) is 0 Å². The van der Waals surface area contributed by atoms with E-state index in [0.29, 0.717) is 6.04 Å². The molecule has 0 radical (unpaired) electrons. The van der Waals surface area contributed by atoms with Crippen molar-refractivity contribution in [2.45, 2.75) is 38.1 Å². The van der Waals surface area contributed by atoms with Crippen LogP contribution in [0.15, 0.2) is 11.8 Å². The highest BCUT2D eigenvalue weighted by Crippen LogP contribution is 2.19. The van der Waals surface area contributed by atoms with Crippen molar-refractivity contribution >= 4 is 0 Å². The summed E-state index contributed by atoms with van der Waals surface area (Å²) in [6.07, 6.45) is 8.93. The fourth-order valence-electron chi connectivity index (χ4n) is 2.11. The Hall–Kier alpha value is -0.500. The van der Waals surface area contributed by atoms with Crippen LogP contribution in [-0.4, -0.2) is 19.1 Å². The Balaban J connectivity index is 1.92. The van der Waals surface area contributed by atoms with E-state index >= 15 is 0 Å². The Morgan fingerprint density at radius 3 is 2.83 bits per heavy atom. The lowest BCUT2D eigenvalue weighted by Crippen LogP contribution is -2.37. The summed E-state index contributed by atoms with van der Waals surface area (Å²) in [6.45, 7) is 2.37. The summed E-state index contributed by atoms with van der Waals surface area (Å²) in [5, 5.41) is 6.91. The third-order valence-corrected chi connectivity index (χ3v) is 2.83. The summed E-state index contributed by atoms with van der Waals surface area (Å²) in [5.74, 6) is 0. The molecule has 0 spiro atoms. The summed E-state index contributed by atoms with van der Waals surface area (Å²) in [6, 6.07) is 0.687. The molecule has 68 valence electrons. The molecule has 0 aromatic heterocycles. The Kier molecular flexibility index (Phi) is 2.67. The molecule has 0 bridgehead atoms. The van der Waals surface area contributed by atoms with E-state index in [0.717, 1.165) is 6.54 Å². The third-order valence-electron chi connectivity index (χ3n) is 2.83. The average Bonchev–Trinajstić information content (AvgIpc) is 2.21. The first-order chi connectivity index (χ1) is 5.97. The van der Waals surface area contributed by atoms with E-state index in [1.54, 1.807) is 5.57 Å². The zero-order chi connectivity index (χ0) is 8.23. The zero-order valence-electron chi connectivity index (χ0n) is 7.60. The third kappa shape index (κ3) is 1.81. The Morgan fingerprint density at radius 2 is 2.17 bits per heavy atom. The fourth-order valence-corrected chi connectivity index (χ4v) is 2.11. The normalized spacial score (nSPS) is 30.7. The molecule has 2 rings (SSSR count). The fraction of sp³-hybridized carbons (Fsp3) is 0.800. The minimum absolute atomic E-state index is 0.687. The molecule has 0 amide bonds. The average molecular weight is 166 g/mol. The molecule has 2 heteroatoms. The highest BCUT2D eigenvalue weighted by molar-refractivity contribution is 5.13. The van der Waals surface area contributed by atoms with E-state index in [2.05, 4.69) is 16.8 Å². The van der Waals surface area contributed by atoms with Crippen LogP contribution in [0.2, 0.25) is 0 Å². The number of hydrogen-bond donors (Lipinski definition) is 2. The van der Waals surface area contributed by atoms with E-state index in [1.807, 2.05) is 0 Å². The maximum atomic E-state index is 3.58. The second kappa shape index (κ2) is 3.94. The molecule has 2 aliphatic rings. The summed E-state index contributed by atoms with van der Waals surface area (Å²) in [7, 11) is 0. The van der Waals surface area contributed by atoms with Gasteiger partial charge in [-0.05, 0) is 44.0 Å². The molecule has 2 N–H and O–H groups in total. The van der Waals surface area contributed by atoms with Gasteiger partial charge in [-0.1, -0.05) is 6.42 Å². The molecular weight excluding hydrogens is 148 g/mol. The lowest BCUT2D eigenvalue weighted by Gasteiger charge is -2.28. The maximum Gasteiger partial charge on any atom is 0.0296 e. The van der Waals surface area contributed by atoms with Crippen molar-refractivity contribution < 1.29 is 0 Å². The van der Waals surface area contributed by atoms with Crippen LogP contribution in [0.1, 0.15) is 32.1 Å². The highest BCUT2D eigenvalue weighted by atomic mass is 14.9. The smallest absolute Gasteiger partial charge is 0.0296 e. The van der Waals surface area contributed by atoms with Gasteiger partial charge in [-0.25, -0.2) is 0 Å². The molecule has 0 aromatic carbocycles. The van der Waals surface area contributed by atoms with E-state index < -0.39 is 0 Å². The van der Waals surface area contributed by atoms with Gasteiger partial charge in [0, 0.05) is 12.6 Å². The summed E-state index contributed by atoms with van der Waals surface area (Å²) >= 11 is 0. The lowest BCUT2D eigenvalue weighted by molar-refractivity contribution is 0.424. The second-order valence-corrected chi connectivity index (χ2v) is 3.78. The molecular formula is C10H18N2. The van der Waals surface area contributed by atoms with Crippen LogP contribution < -0.4 is 10.6 Å². The molecule has 0 aromatic rings. The van der Waals surface area contributed by atoms with Crippen molar-refractivity contribution in [3.05, 3.63) is 11.8 Å². The van der Waals surface area contributed by atoms with E-state index in [4.69, 9.17) is 0 Å². The van der Waals surface area contributed by atoms with Crippen molar-refractivity contribution in [1.82, 2.24) is 10.6 Å². The monoisotopic (exact) mass is 166 g/mol. The van der Waals surface area contributed by atoms with Crippen LogP contribution in [0.3, 0.4) is 0 Å². The number of hydrogen-bond acceptors (Lipinski definition) is 2. The van der Waals surface area contributed by atoms with Gasteiger partial charge in [0.05, 0.1) is 0 Å². The quantitative estimate of drug-likeness (QED) is 0.615. The maximum absolute atomic E-state index is 3.58. The SMILES string of the molecule is C1=C(C2CCCCN2)CCCN1. The molecule has 1 fully saturated rings. The van der Waals surface area contributed by atoms with Gasteiger partial charge in [-0.15, -0.1) is 0 Å². The molecule has 12 heavy (non-hydrogen) atoms. The van der Waals surface area contributed by atoms with Crippen LogP contribution in [-0.2, 0) is 0 Å². The van der Waals surface area contributed by atoms with Gasteiger partial charge in [0.25, 0.3) is 0 Å². The zero-order valence-corrected chi connectivity index (χ0v) is 7.60. The lowest BCUT2D eigenvalue weighted by atomic mass is 9.94. The number of rotatable bonds is 1. The van der Waals surface area contributed by atoms with Crippen LogP contribution in [0.5, 0.6) is 0 Å². The molecule has 1 unspecified atom stereocenters. The van der Waals surface area contributed by atoms with Gasteiger partial charge in [0.1, 0.15) is 0 Å². The first-order valence-electron chi connectivity index (χ1n) is 5.12. The van der Waals surface area contributed by atoms with Gasteiger partial charge in [0.15, 0.2) is 0 Å². The van der Waals surface area contributed by atoms with Crippen LogP contribution in [0.25, 0.3) is 0 Å². The summed E-state index contributed by atoms with van der Waals surface area (Å²) in [5.41, 5.74) is 1.60.